The highest BCUT2D eigenvalue weighted by atomic mass is 16.5. The van der Waals surface area contributed by atoms with Crippen LogP contribution in [0.15, 0.2) is 0 Å². The third kappa shape index (κ3) is 3.49. The number of rotatable bonds is 4. The molecular weight excluding hydrogens is 154 g/mol. The van der Waals surface area contributed by atoms with E-state index >= 15 is 0 Å². The average Bonchev–Trinajstić information content (AvgIpc) is 2.09. The van der Waals surface area contributed by atoms with E-state index in [9.17, 15) is 0 Å². The Bertz CT molecular complexity index is 113. The van der Waals surface area contributed by atoms with Gasteiger partial charge in [-0.05, 0) is 6.92 Å². The van der Waals surface area contributed by atoms with Crippen LogP contribution in [0, 0.1) is 0 Å². The number of hydrogen-bond donors (Lipinski definition) is 1. The number of hydrogen-bond acceptors (Lipinski definition) is 4. The normalized spacial score (nSPS) is 21.5. The fraction of sp³-hybridized carbons (Fsp3) is 1.00. The van der Waals surface area contributed by atoms with Crippen molar-refractivity contribution in [1.29, 1.82) is 0 Å². The smallest absolute Gasteiger partial charge is 0.0593 e. The van der Waals surface area contributed by atoms with E-state index in [1.807, 2.05) is 11.9 Å². The maximum Gasteiger partial charge on any atom is 0.0593 e. The standard InChI is InChI=1S/C8H19N3O/c1-2-12-8-7-10-3-5-11(9)6-4-10/h2-9H2,1H3. The van der Waals surface area contributed by atoms with Gasteiger partial charge < -0.3 is 4.74 Å². The van der Waals surface area contributed by atoms with Crippen molar-refractivity contribution in [2.24, 2.45) is 5.84 Å². The Morgan fingerprint density at radius 3 is 2.50 bits per heavy atom. The molecule has 2 N–H and O–H groups in total. The second-order valence-corrected chi connectivity index (χ2v) is 3.07. The Morgan fingerprint density at radius 1 is 1.25 bits per heavy atom. The van der Waals surface area contributed by atoms with Crippen LogP contribution in [-0.2, 0) is 4.74 Å². The molecule has 0 aromatic heterocycles. The highest BCUT2D eigenvalue weighted by molar-refractivity contribution is 4.67. The SMILES string of the molecule is CCOCCN1CCN(N)CC1. The van der Waals surface area contributed by atoms with Crippen molar-refractivity contribution in [2.45, 2.75) is 6.92 Å². The molecule has 72 valence electrons. The fourth-order valence-electron chi connectivity index (χ4n) is 1.32. The molecule has 12 heavy (non-hydrogen) atoms. The van der Waals surface area contributed by atoms with Gasteiger partial charge in [-0.1, -0.05) is 0 Å². The van der Waals surface area contributed by atoms with Crippen molar-refractivity contribution in [3.63, 3.8) is 0 Å². The van der Waals surface area contributed by atoms with Gasteiger partial charge in [-0.25, -0.2) is 5.01 Å². The first-order valence-electron chi connectivity index (χ1n) is 4.62. The lowest BCUT2D eigenvalue weighted by Gasteiger charge is -2.31. The van der Waals surface area contributed by atoms with E-state index in [1.54, 1.807) is 0 Å². The van der Waals surface area contributed by atoms with Crippen LogP contribution in [0.2, 0.25) is 0 Å². The molecule has 0 aromatic rings. The Kier molecular flexibility index (Phi) is 4.53. The van der Waals surface area contributed by atoms with Gasteiger partial charge in [-0.15, -0.1) is 0 Å². The molecule has 1 aliphatic heterocycles. The lowest BCUT2D eigenvalue weighted by atomic mass is 10.3. The minimum atomic E-state index is 0.816. The van der Waals surface area contributed by atoms with Crippen LogP contribution in [0.25, 0.3) is 0 Å². The minimum absolute atomic E-state index is 0.816. The zero-order valence-electron chi connectivity index (χ0n) is 7.83. The topological polar surface area (TPSA) is 41.7 Å². The summed E-state index contributed by atoms with van der Waals surface area (Å²) in [6.45, 7) is 8.84. The molecule has 0 saturated carbocycles. The zero-order valence-corrected chi connectivity index (χ0v) is 7.83. The van der Waals surface area contributed by atoms with Crippen molar-refractivity contribution >= 4 is 0 Å². The number of nitrogens with two attached hydrogens (primary N) is 1. The molecule has 0 spiro atoms. The molecule has 1 aliphatic rings. The first-order valence-corrected chi connectivity index (χ1v) is 4.62. The summed E-state index contributed by atoms with van der Waals surface area (Å²) in [5, 5.41) is 1.87. The van der Waals surface area contributed by atoms with Gasteiger partial charge in [-0.3, -0.25) is 10.7 Å². The second kappa shape index (κ2) is 5.48. The summed E-state index contributed by atoms with van der Waals surface area (Å²) in [5.74, 6) is 5.63. The fourth-order valence-corrected chi connectivity index (χ4v) is 1.32. The summed E-state index contributed by atoms with van der Waals surface area (Å²) in [7, 11) is 0. The van der Waals surface area contributed by atoms with Crippen LogP contribution in [0.4, 0.5) is 0 Å². The van der Waals surface area contributed by atoms with Gasteiger partial charge in [0.25, 0.3) is 0 Å². The van der Waals surface area contributed by atoms with E-state index in [2.05, 4.69) is 4.90 Å². The third-order valence-corrected chi connectivity index (χ3v) is 2.16. The van der Waals surface area contributed by atoms with E-state index < -0.39 is 0 Å². The molecule has 0 amide bonds. The van der Waals surface area contributed by atoms with E-state index in [0.717, 1.165) is 45.9 Å². The molecule has 0 unspecified atom stereocenters. The maximum absolute atomic E-state index is 5.63. The number of piperazine rings is 1. The molecule has 1 rings (SSSR count). The molecule has 0 bridgehead atoms. The van der Waals surface area contributed by atoms with Gasteiger partial charge in [-0.2, -0.15) is 0 Å². The van der Waals surface area contributed by atoms with Crippen molar-refractivity contribution in [3.05, 3.63) is 0 Å². The van der Waals surface area contributed by atoms with Crippen molar-refractivity contribution < 1.29 is 4.74 Å². The summed E-state index contributed by atoms with van der Waals surface area (Å²) in [6.07, 6.45) is 0. The Balaban J connectivity index is 2.01. The number of hydrazine groups is 1. The van der Waals surface area contributed by atoms with Gasteiger partial charge in [0.2, 0.25) is 0 Å². The highest BCUT2D eigenvalue weighted by Crippen LogP contribution is 1.96. The van der Waals surface area contributed by atoms with E-state index in [0.29, 0.717) is 0 Å². The van der Waals surface area contributed by atoms with Gasteiger partial charge in [0.1, 0.15) is 0 Å². The molecule has 4 heteroatoms. The maximum atomic E-state index is 5.63. The largest absolute Gasteiger partial charge is 0.380 e. The number of nitrogens with zero attached hydrogens (tertiary/aromatic N) is 2. The van der Waals surface area contributed by atoms with Gasteiger partial charge in [0, 0.05) is 39.3 Å². The van der Waals surface area contributed by atoms with Crippen molar-refractivity contribution in [1.82, 2.24) is 9.91 Å². The lowest BCUT2D eigenvalue weighted by Crippen LogP contribution is -2.50. The number of ether oxygens (including phenoxy) is 1. The van der Waals surface area contributed by atoms with Gasteiger partial charge >= 0.3 is 0 Å². The average molecular weight is 173 g/mol. The van der Waals surface area contributed by atoms with Crippen LogP contribution in [-0.4, -0.2) is 55.8 Å². The Labute approximate surface area is 74.2 Å². The van der Waals surface area contributed by atoms with Crippen molar-refractivity contribution in [2.75, 3.05) is 45.9 Å². The molecule has 1 fully saturated rings. The Hall–Kier alpha value is -0.160. The molecule has 0 radical (unpaired) electrons. The second-order valence-electron chi connectivity index (χ2n) is 3.07. The first-order chi connectivity index (χ1) is 5.83. The molecule has 1 saturated heterocycles. The zero-order chi connectivity index (χ0) is 8.81. The predicted molar refractivity (Wildman–Crippen MR) is 48.7 cm³/mol. The van der Waals surface area contributed by atoms with Gasteiger partial charge in [0.05, 0.1) is 6.61 Å². The predicted octanol–water partition coefficient (Wildman–Crippen LogP) is -0.486. The molecule has 1 heterocycles. The summed E-state index contributed by atoms with van der Waals surface area (Å²) in [5.41, 5.74) is 0. The Morgan fingerprint density at radius 2 is 1.92 bits per heavy atom. The van der Waals surface area contributed by atoms with Crippen LogP contribution in [0.5, 0.6) is 0 Å². The molecule has 4 nitrogen and oxygen atoms in total. The van der Waals surface area contributed by atoms with Crippen molar-refractivity contribution in [3.8, 4) is 0 Å². The summed E-state index contributed by atoms with van der Waals surface area (Å²) < 4.78 is 5.28. The minimum Gasteiger partial charge on any atom is -0.380 e. The monoisotopic (exact) mass is 173 g/mol. The van der Waals surface area contributed by atoms with Crippen LogP contribution < -0.4 is 5.84 Å². The van der Waals surface area contributed by atoms with E-state index in [-0.39, 0.29) is 0 Å². The summed E-state index contributed by atoms with van der Waals surface area (Å²) >= 11 is 0. The third-order valence-electron chi connectivity index (χ3n) is 2.16. The lowest BCUT2D eigenvalue weighted by molar-refractivity contribution is 0.0811. The first kappa shape index (κ1) is 9.92. The van der Waals surface area contributed by atoms with Crippen LogP contribution in [0.1, 0.15) is 6.92 Å². The quantitative estimate of drug-likeness (QED) is 0.460. The van der Waals surface area contributed by atoms with E-state index in [1.165, 1.54) is 0 Å². The molecule has 0 aliphatic carbocycles. The van der Waals surface area contributed by atoms with E-state index in [4.69, 9.17) is 10.6 Å². The molecule has 0 aromatic carbocycles. The van der Waals surface area contributed by atoms with Crippen LogP contribution in [0.3, 0.4) is 0 Å². The van der Waals surface area contributed by atoms with Crippen LogP contribution >= 0.6 is 0 Å². The summed E-state index contributed by atoms with van der Waals surface area (Å²) in [6, 6.07) is 0. The molecule has 0 atom stereocenters. The van der Waals surface area contributed by atoms with Gasteiger partial charge in [0.15, 0.2) is 0 Å². The highest BCUT2D eigenvalue weighted by Gasteiger charge is 2.12. The molecular formula is C8H19N3O. The summed E-state index contributed by atoms with van der Waals surface area (Å²) in [4.78, 5) is 2.39.